The second kappa shape index (κ2) is 9.01. The highest BCUT2D eigenvalue weighted by atomic mass is 79.9. The molecule has 8 nitrogen and oxygen atoms in total. The Morgan fingerprint density at radius 3 is 2.85 bits per heavy atom. The summed E-state index contributed by atoms with van der Waals surface area (Å²) in [5, 5.41) is 3.10. The summed E-state index contributed by atoms with van der Waals surface area (Å²) in [6.45, 7) is 4.69. The number of anilines is 2. The molecule has 1 N–H and O–H groups in total. The van der Waals surface area contributed by atoms with Crippen molar-refractivity contribution >= 4 is 33.5 Å². The largest absolute Gasteiger partial charge is 0.495 e. The monoisotopic (exact) mass is 436 g/mol. The quantitative estimate of drug-likeness (QED) is 0.744. The standard InChI is InChI=1S/C18H21BrN4O4/c1-3-27-16-13(19)11-20-18(22-16)21-14-5-4-12(10-15(14)25-2)17(24)23-6-8-26-9-7-23/h4-5,10-11H,3,6-9H2,1-2H3,(H,20,21,22). The maximum Gasteiger partial charge on any atom is 0.254 e. The highest BCUT2D eigenvalue weighted by Crippen LogP contribution is 2.30. The zero-order valence-electron chi connectivity index (χ0n) is 15.2. The summed E-state index contributed by atoms with van der Waals surface area (Å²) in [7, 11) is 1.55. The van der Waals surface area contributed by atoms with Crippen molar-refractivity contribution in [1.29, 1.82) is 0 Å². The fourth-order valence-corrected chi connectivity index (χ4v) is 2.95. The van der Waals surface area contributed by atoms with Crippen molar-refractivity contribution in [3.8, 4) is 11.6 Å². The van der Waals surface area contributed by atoms with E-state index < -0.39 is 0 Å². The smallest absolute Gasteiger partial charge is 0.254 e. The van der Waals surface area contributed by atoms with Crippen molar-refractivity contribution < 1.29 is 19.0 Å². The maximum atomic E-state index is 12.6. The molecule has 1 aromatic carbocycles. The molecule has 1 aromatic heterocycles. The van der Waals surface area contributed by atoms with Crippen molar-refractivity contribution in [3.05, 3.63) is 34.4 Å². The van der Waals surface area contributed by atoms with Crippen LogP contribution in [0.25, 0.3) is 0 Å². The number of rotatable bonds is 6. The molecule has 0 aliphatic carbocycles. The molecule has 0 bridgehead atoms. The van der Waals surface area contributed by atoms with Crippen LogP contribution in [0.2, 0.25) is 0 Å². The minimum absolute atomic E-state index is 0.0401. The number of morpholine rings is 1. The lowest BCUT2D eigenvalue weighted by atomic mass is 10.1. The maximum absolute atomic E-state index is 12.6. The van der Waals surface area contributed by atoms with Gasteiger partial charge in [-0.1, -0.05) is 0 Å². The summed E-state index contributed by atoms with van der Waals surface area (Å²) < 4.78 is 16.9. The Bertz CT molecular complexity index is 812. The zero-order valence-corrected chi connectivity index (χ0v) is 16.8. The summed E-state index contributed by atoms with van der Waals surface area (Å²) >= 11 is 3.35. The molecule has 3 rings (SSSR count). The predicted molar refractivity (Wildman–Crippen MR) is 104 cm³/mol. The van der Waals surface area contributed by atoms with Crippen LogP contribution in [-0.4, -0.2) is 60.8 Å². The van der Waals surface area contributed by atoms with Gasteiger partial charge in [0.1, 0.15) is 5.75 Å². The molecular weight excluding hydrogens is 416 g/mol. The minimum atomic E-state index is -0.0401. The van der Waals surface area contributed by atoms with Crippen LogP contribution in [0.4, 0.5) is 11.6 Å². The SMILES string of the molecule is CCOc1nc(Nc2ccc(C(=O)N3CCOCC3)cc2OC)ncc1Br. The molecule has 144 valence electrons. The van der Waals surface area contributed by atoms with Crippen molar-refractivity contribution in [2.75, 3.05) is 45.3 Å². The van der Waals surface area contributed by atoms with E-state index in [0.29, 0.717) is 66.2 Å². The van der Waals surface area contributed by atoms with Gasteiger partial charge in [-0.2, -0.15) is 4.98 Å². The molecule has 0 atom stereocenters. The van der Waals surface area contributed by atoms with E-state index in [0.717, 1.165) is 0 Å². The Kier molecular flexibility index (Phi) is 6.46. The summed E-state index contributed by atoms with van der Waals surface area (Å²) in [6, 6.07) is 5.24. The Morgan fingerprint density at radius 1 is 1.37 bits per heavy atom. The van der Waals surface area contributed by atoms with E-state index in [4.69, 9.17) is 14.2 Å². The van der Waals surface area contributed by atoms with Crippen LogP contribution in [0.1, 0.15) is 17.3 Å². The first-order chi connectivity index (χ1) is 13.1. The van der Waals surface area contributed by atoms with Gasteiger partial charge in [-0.25, -0.2) is 4.98 Å². The van der Waals surface area contributed by atoms with Gasteiger partial charge in [0.2, 0.25) is 11.8 Å². The summed E-state index contributed by atoms with van der Waals surface area (Å²) in [6.07, 6.45) is 1.61. The number of hydrogen-bond acceptors (Lipinski definition) is 7. The molecule has 0 spiro atoms. The first kappa shape index (κ1) is 19.4. The third-order valence-corrected chi connectivity index (χ3v) is 4.53. The molecule has 27 heavy (non-hydrogen) atoms. The minimum Gasteiger partial charge on any atom is -0.495 e. The van der Waals surface area contributed by atoms with Gasteiger partial charge in [-0.15, -0.1) is 0 Å². The van der Waals surface area contributed by atoms with Gasteiger partial charge < -0.3 is 24.4 Å². The Morgan fingerprint density at radius 2 is 2.15 bits per heavy atom. The van der Waals surface area contributed by atoms with Crippen LogP contribution in [0.5, 0.6) is 11.6 Å². The van der Waals surface area contributed by atoms with Gasteiger partial charge >= 0.3 is 0 Å². The third-order valence-electron chi connectivity index (χ3n) is 3.99. The fourth-order valence-electron chi connectivity index (χ4n) is 2.65. The van der Waals surface area contributed by atoms with Crippen molar-refractivity contribution in [1.82, 2.24) is 14.9 Å². The van der Waals surface area contributed by atoms with Gasteiger partial charge in [0.25, 0.3) is 5.91 Å². The molecule has 2 heterocycles. The molecule has 0 saturated carbocycles. The number of nitrogens with one attached hydrogen (secondary N) is 1. The number of methoxy groups -OCH3 is 1. The lowest BCUT2D eigenvalue weighted by Gasteiger charge is -2.27. The number of carbonyl (C=O) groups is 1. The van der Waals surface area contributed by atoms with Gasteiger partial charge in [-0.05, 0) is 41.1 Å². The molecule has 1 amide bonds. The average Bonchev–Trinajstić information content (AvgIpc) is 2.71. The van der Waals surface area contributed by atoms with E-state index in [2.05, 4.69) is 31.2 Å². The molecule has 0 radical (unpaired) electrons. The molecule has 1 saturated heterocycles. The number of halogens is 1. The van der Waals surface area contributed by atoms with Gasteiger partial charge in [0, 0.05) is 18.7 Å². The van der Waals surface area contributed by atoms with Crippen LogP contribution in [0.3, 0.4) is 0 Å². The normalized spacial score (nSPS) is 14.0. The second-order valence-electron chi connectivity index (χ2n) is 5.72. The van der Waals surface area contributed by atoms with E-state index in [9.17, 15) is 4.79 Å². The second-order valence-corrected chi connectivity index (χ2v) is 6.58. The van der Waals surface area contributed by atoms with Gasteiger partial charge in [0.05, 0.1) is 43.3 Å². The third kappa shape index (κ3) is 4.67. The van der Waals surface area contributed by atoms with Crippen LogP contribution in [-0.2, 0) is 4.74 Å². The number of ether oxygens (including phenoxy) is 3. The summed E-state index contributed by atoms with van der Waals surface area (Å²) in [5.41, 5.74) is 1.21. The highest BCUT2D eigenvalue weighted by Gasteiger charge is 2.20. The number of hydrogen-bond donors (Lipinski definition) is 1. The number of nitrogens with zero attached hydrogens (tertiary/aromatic N) is 3. The first-order valence-corrected chi connectivity index (χ1v) is 9.39. The Hall–Kier alpha value is -2.39. The zero-order chi connectivity index (χ0) is 19.2. The number of aromatic nitrogens is 2. The lowest BCUT2D eigenvalue weighted by Crippen LogP contribution is -2.40. The number of amides is 1. The summed E-state index contributed by atoms with van der Waals surface area (Å²) in [5.74, 6) is 1.31. The highest BCUT2D eigenvalue weighted by molar-refractivity contribution is 9.10. The van der Waals surface area contributed by atoms with Gasteiger partial charge in [0.15, 0.2) is 0 Å². The predicted octanol–water partition coefficient (Wildman–Crippen LogP) is 2.86. The molecule has 9 heteroatoms. The Labute approximate surface area is 166 Å². The van der Waals surface area contributed by atoms with E-state index in [-0.39, 0.29) is 5.91 Å². The number of carbonyl (C=O) groups excluding carboxylic acids is 1. The van der Waals surface area contributed by atoms with Crippen LogP contribution >= 0.6 is 15.9 Å². The lowest BCUT2D eigenvalue weighted by molar-refractivity contribution is 0.0302. The molecule has 1 fully saturated rings. The molecule has 1 aliphatic heterocycles. The van der Waals surface area contributed by atoms with E-state index in [1.54, 1.807) is 36.4 Å². The van der Waals surface area contributed by atoms with E-state index >= 15 is 0 Å². The van der Waals surface area contributed by atoms with Crippen molar-refractivity contribution in [2.45, 2.75) is 6.92 Å². The molecule has 1 aliphatic rings. The summed E-state index contributed by atoms with van der Waals surface area (Å²) in [4.78, 5) is 23.0. The molecule has 0 unspecified atom stereocenters. The van der Waals surface area contributed by atoms with Crippen molar-refractivity contribution in [3.63, 3.8) is 0 Å². The Balaban J connectivity index is 1.80. The van der Waals surface area contributed by atoms with E-state index in [1.165, 1.54) is 0 Å². The number of benzene rings is 1. The van der Waals surface area contributed by atoms with Crippen LogP contribution < -0.4 is 14.8 Å². The molecular formula is C18H21BrN4O4. The van der Waals surface area contributed by atoms with Gasteiger partial charge in [-0.3, -0.25) is 4.79 Å². The molecule has 2 aromatic rings. The average molecular weight is 437 g/mol. The fraction of sp³-hybridized carbons (Fsp3) is 0.389. The van der Waals surface area contributed by atoms with Crippen molar-refractivity contribution in [2.24, 2.45) is 0 Å². The first-order valence-electron chi connectivity index (χ1n) is 8.59. The van der Waals surface area contributed by atoms with Crippen LogP contribution in [0.15, 0.2) is 28.9 Å². The topological polar surface area (TPSA) is 85.8 Å². The van der Waals surface area contributed by atoms with Crippen LogP contribution in [0, 0.1) is 0 Å². The van der Waals surface area contributed by atoms with E-state index in [1.807, 2.05) is 6.92 Å².